The summed E-state index contributed by atoms with van der Waals surface area (Å²) >= 11 is 7.41. The highest BCUT2D eigenvalue weighted by molar-refractivity contribution is 7.24. The topological polar surface area (TPSA) is 47.6 Å². The van der Waals surface area contributed by atoms with Gasteiger partial charge in [0.15, 0.2) is 0 Å². The molecule has 0 aliphatic carbocycles. The summed E-state index contributed by atoms with van der Waals surface area (Å²) in [7, 11) is 0. The van der Waals surface area contributed by atoms with Crippen LogP contribution < -0.4 is 0 Å². The molecule has 6 rings (SSSR count). The Balaban J connectivity index is 1.13. The molecule has 0 bridgehead atoms. The zero-order chi connectivity index (χ0) is 34.7. The van der Waals surface area contributed by atoms with Crippen molar-refractivity contribution in [2.24, 2.45) is 0 Å². The van der Waals surface area contributed by atoms with E-state index in [2.05, 4.69) is 98.8 Å². The minimum absolute atomic E-state index is 0.394. The highest BCUT2D eigenvalue weighted by atomic mass is 32.1. The number of thiophene rings is 4. The molecule has 6 aromatic rings. The standard InChI is InChI=1S/C44H42N2S4/c1-3-5-7-9-11-35-21-23-41(47-35)43-27-25-39(49-43)33-17-13-31(14-18-33)37(29-45)38(30-46)32-15-19-34(20-16-32)40-26-28-44(50-40)42-24-22-36(48-42)12-10-8-6-4-2/h13-28H,3-12H2,1-2H3/b38-37+. The molecule has 0 N–H and O–H groups in total. The van der Waals surface area contributed by atoms with Crippen LogP contribution in [0.5, 0.6) is 0 Å². The van der Waals surface area contributed by atoms with Crippen molar-refractivity contribution >= 4 is 56.5 Å². The molecular formula is C44H42N2S4. The van der Waals surface area contributed by atoms with Gasteiger partial charge in [-0.1, -0.05) is 101 Å². The van der Waals surface area contributed by atoms with Crippen molar-refractivity contribution in [2.75, 3.05) is 0 Å². The predicted molar refractivity (Wildman–Crippen MR) is 220 cm³/mol. The van der Waals surface area contributed by atoms with Crippen molar-refractivity contribution in [3.8, 4) is 52.5 Å². The summed E-state index contributed by atoms with van der Waals surface area (Å²) in [4.78, 5) is 10.5. The first-order chi connectivity index (χ1) is 24.6. The third-order valence-electron chi connectivity index (χ3n) is 8.96. The molecule has 0 fully saturated rings. The maximum atomic E-state index is 10.2. The molecule has 0 unspecified atom stereocenters. The molecule has 0 spiro atoms. The lowest BCUT2D eigenvalue weighted by atomic mass is 9.95. The Morgan fingerprint density at radius 3 is 1.16 bits per heavy atom. The minimum Gasteiger partial charge on any atom is -0.192 e. The van der Waals surface area contributed by atoms with Crippen molar-refractivity contribution in [3.05, 3.63) is 118 Å². The molecule has 0 atom stereocenters. The number of nitriles is 2. The molecule has 0 radical (unpaired) electrons. The number of aryl methyl sites for hydroxylation is 2. The van der Waals surface area contributed by atoms with Crippen LogP contribution in [0.1, 0.15) is 86.1 Å². The fourth-order valence-electron chi connectivity index (χ4n) is 6.12. The molecule has 0 saturated carbocycles. The van der Waals surface area contributed by atoms with E-state index in [0.717, 1.165) is 22.3 Å². The van der Waals surface area contributed by atoms with Gasteiger partial charge in [-0.25, -0.2) is 0 Å². The van der Waals surface area contributed by atoms with Gasteiger partial charge >= 0.3 is 0 Å². The molecule has 4 aromatic heterocycles. The summed E-state index contributed by atoms with van der Waals surface area (Å²) < 4.78 is 0. The first-order valence-corrected chi connectivity index (χ1v) is 21.0. The summed E-state index contributed by atoms with van der Waals surface area (Å²) in [6, 6.07) is 38.6. The SMILES string of the molecule is CCCCCCc1ccc(-c2ccc(-c3ccc(/C(C#N)=C(\C#N)c4ccc(-c5ccc(-c6ccc(CCCCCC)s6)s5)cc4)cc3)s2)s1. The highest BCUT2D eigenvalue weighted by Crippen LogP contribution is 2.40. The molecule has 252 valence electrons. The van der Waals surface area contributed by atoms with E-state index in [1.807, 2.05) is 46.9 Å². The second-order valence-corrected chi connectivity index (χ2v) is 17.1. The van der Waals surface area contributed by atoms with Gasteiger partial charge in [-0.3, -0.25) is 0 Å². The average Bonchev–Trinajstić information content (AvgIpc) is 3.99. The molecule has 6 heteroatoms. The normalized spacial score (nSPS) is 11.7. The van der Waals surface area contributed by atoms with Gasteiger partial charge in [0.05, 0.1) is 11.1 Å². The van der Waals surface area contributed by atoms with Crippen LogP contribution >= 0.6 is 45.3 Å². The smallest absolute Gasteiger partial charge is 0.101 e. The van der Waals surface area contributed by atoms with Gasteiger partial charge in [-0.05, 0) is 96.5 Å². The van der Waals surface area contributed by atoms with Crippen LogP contribution in [0, 0.1) is 22.7 Å². The van der Waals surface area contributed by atoms with Gasteiger partial charge in [0.2, 0.25) is 0 Å². The Bertz CT molecular complexity index is 1950. The summed E-state index contributed by atoms with van der Waals surface area (Å²) in [5.41, 5.74) is 4.52. The first kappa shape index (κ1) is 35.8. The van der Waals surface area contributed by atoms with Gasteiger partial charge in [0.25, 0.3) is 0 Å². The average molecular weight is 727 g/mol. The maximum Gasteiger partial charge on any atom is 0.101 e. The van der Waals surface area contributed by atoms with E-state index in [-0.39, 0.29) is 0 Å². The van der Waals surface area contributed by atoms with E-state index in [0.29, 0.717) is 11.1 Å². The molecule has 50 heavy (non-hydrogen) atoms. The van der Waals surface area contributed by atoms with Crippen LogP contribution in [0.3, 0.4) is 0 Å². The molecule has 2 aromatic carbocycles. The largest absolute Gasteiger partial charge is 0.192 e. The number of hydrogen-bond acceptors (Lipinski definition) is 6. The van der Waals surface area contributed by atoms with E-state index in [1.165, 1.54) is 103 Å². The molecule has 0 aliphatic heterocycles. The van der Waals surface area contributed by atoms with E-state index in [9.17, 15) is 10.5 Å². The number of allylic oxidation sites excluding steroid dienone is 2. The highest BCUT2D eigenvalue weighted by Gasteiger charge is 2.14. The second-order valence-electron chi connectivity index (χ2n) is 12.6. The van der Waals surface area contributed by atoms with E-state index in [1.54, 1.807) is 22.7 Å². The lowest BCUT2D eigenvalue weighted by Crippen LogP contribution is -1.90. The number of rotatable bonds is 16. The zero-order valence-electron chi connectivity index (χ0n) is 28.8. The van der Waals surface area contributed by atoms with Crippen LogP contribution in [-0.4, -0.2) is 0 Å². The molecule has 0 amide bonds. The van der Waals surface area contributed by atoms with Crippen LogP contribution in [0.4, 0.5) is 0 Å². The summed E-state index contributed by atoms with van der Waals surface area (Å²) in [5.74, 6) is 0. The summed E-state index contributed by atoms with van der Waals surface area (Å²) in [6.45, 7) is 4.51. The van der Waals surface area contributed by atoms with Gasteiger partial charge in [0, 0.05) is 39.0 Å². The van der Waals surface area contributed by atoms with Crippen molar-refractivity contribution in [2.45, 2.75) is 78.1 Å². The first-order valence-electron chi connectivity index (χ1n) is 17.7. The van der Waals surface area contributed by atoms with Gasteiger partial charge < -0.3 is 0 Å². The van der Waals surface area contributed by atoms with Crippen molar-refractivity contribution in [1.82, 2.24) is 0 Å². The molecule has 0 saturated heterocycles. The quantitative estimate of drug-likeness (QED) is 0.0566. The van der Waals surface area contributed by atoms with Crippen molar-refractivity contribution in [1.29, 1.82) is 10.5 Å². The van der Waals surface area contributed by atoms with E-state index in [4.69, 9.17) is 0 Å². The summed E-state index contributed by atoms with van der Waals surface area (Å²) in [5, 5.41) is 20.4. The van der Waals surface area contributed by atoms with Crippen LogP contribution in [0.25, 0.3) is 51.5 Å². The number of hydrogen-bond donors (Lipinski definition) is 0. The molecule has 0 aliphatic rings. The van der Waals surface area contributed by atoms with Gasteiger partial charge in [-0.2, -0.15) is 10.5 Å². The number of benzene rings is 2. The Morgan fingerprint density at radius 1 is 0.420 bits per heavy atom. The van der Waals surface area contributed by atoms with Crippen LogP contribution in [0.15, 0.2) is 97.1 Å². The van der Waals surface area contributed by atoms with Crippen LogP contribution in [0.2, 0.25) is 0 Å². The Labute approximate surface area is 313 Å². The second kappa shape index (κ2) is 17.8. The van der Waals surface area contributed by atoms with Crippen LogP contribution in [-0.2, 0) is 12.8 Å². The third-order valence-corrected chi connectivity index (χ3v) is 13.9. The third kappa shape index (κ3) is 8.81. The van der Waals surface area contributed by atoms with Crippen molar-refractivity contribution < 1.29 is 0 Å². The lowest BCUT2D eigenvalue weighted by molar-refractivity contribution is 0.670. The summed E-state index contributed by atoms with van der Waals surface area (Å²) in [6.07, 6.45) is 12.6. The van der Waals surface area contributed by atoms with Gasteiger partial charge in [0.1, 0.15) is 12.1 Å². The monoisotopic (exact) mass is 726 g/mol. The predicted octanol–water partition coefficient (Wildman–Crippen LogP) is 14.8. The Morgan fingerprint density at radius 2 is 0.780 bits per heavy atom. The van der Waals surface area contributed by atoms with Gasteiger partial charge in [-0.15, -0.1) is 45.3 Å². The number of nitrogens with zero attached hydrogens (tertiary/aromatic N) is 2. The fraction of sp³-hybridized carbons (Fsp3) is 0.273. The lowest BCUT2D eigenvalue weighted by Gasteiger charge is -2.07. The zero-order valence-corrected chi connectivity index (χ0v) is 32.1. The minimum atomic E-state index is 0.394. The fourth-order valence-corrected chi connectivity index (χ4v) is 10.4. The Kier molecular flexibility index (Phi) is 12.7. The van der Waals surface area contributed by atoms with Crippen molar-refractivity contribution in [3.63, 3.8) is 0 Å². The molecule has 4 heterocycles. The Hall–Kier alpha value is -4.04. The van der Waals surface area contributed by atoms with E-state index >= 15 is 0 Å². The number of unbranched alkanes of at least 4 members (excludes halogenated alkanes) is 6. The molecular weight excluding hydrogens is 685 g/mol. The van der Waals surface area contributed by atoms with E-state index < -0.39 is 0 Å². The molecule has 2 nitrogen and oxygen atoms in total. The maximum absolute atomic E-state index is 10.2.